The van der Waals surface area contributed by atoms with Crippen molar-refractivity contribution in [1.82, 2.24) is 0 Å². The molecule has 0 aliphatic heterocycles. The van der Waals surface area contributed by atoms with Gasteiger partial charge in [0.2, 0.25) is 0 Å². The molecule has 0 saturated carbocycles. The Labute approximate surface area is 82.5 Å². The van der Waals surface area contributed by atoms with Gasteiger partial charge in [0.05, 0.1) is 7.11 Å². The average Bonchev–Trinajstić information content (AvgIpc) is 2.15. The van der Waals surface area contributed by atoms with Crippen molar-refractivity contribution in [3.05, 3.63) is 28.8 Å². The molecule has 13 heavy (non-hydrogen) atoms. The van der Waals surface area contributed by atoms with Crippen LogP contribution >= 0.6 is 11.6 Å². The van der Waals surface area contributed by atoms with Gasteiger partial charge in [-0.05, 0) is 30.2 Å². The van der Waals surface area contributed by atoms with Crippen molar-refractivity contribution in [3.63, 3.8) is 0 Å². The Kier molecular flexibility index (Phi) is 3.77. The fraction of sp³-hybridized carbons (Fsp3) is 0.300. The Morgan fingerprint density at radius 2 is 2.31 bits per heavy atom. The molecule has 0 fully saturated rings. The molecule has 1 aromatic carbocycles. The molecule has 0 heterocycles. The standard InChI is InChI=1S/C10H11ClO2/c1-13-10-5-4-9(11)7-8(10)3-2-6-12/h4-7H,2-3H2,1H3. The molecular formula is C10H11ClO2. The maximum Gasteiger partial charge on any atom is 0.122 e. The van der Waals surface area contributed by atoms with Crippen LogP contribution < -0.4 is 4.74 Å². The van der Waals surface area contributed by atoms with Crippen molar-refractivity contribution in [2.24, 2.45) is 0 Å². The van der Waals surface area contributed by atoms with Crippen LogP contribution in [0.4, 0.5) is 0 Å². The van der Waals surface area contributed by atoms with E-state index in [1.165, 1.54) is 0 Å². The van der Waals surface area contributed by atoms with Gasteiger partial charge in [-0.2, -0.15) is 0 Å². The van der Waals surface area contributed by atoms with E-state index in [4.69, 9.17) is 16.3 Å². The van der Waals surface area contributed by atoms with Crippen molar-refractivity contribution in [2.75, 3.05) is 7.11 Å². The topological polar surface area (TPSA) is 26.3 Å². The molecule has 3 heteroatoms. The van der Waals surface area contributed by atoms with Crippen LogP contribution in [0, 0.1) is 0 Å². The van der Waals surface area contributed by atoms with Gasteiger partial charge in [0, 0.05) is 11.4 Å². The molecule has 1 aromatic rings. The highest BCUT2D eigenvalue weighted by atomic mass is 35.5. The van der Waals surface area contributed by atoms with E-state index in [2.05, 4.69) is 0 Å². The van der Waals surface area contributed by atoms with Crippen molar-refractivity contribution in [3.8, 4) is 5.75 Å². The molecule has 0 radical (unpaired) electrons. The second-order valence-electron chi connectivity index (χ2n) is 2.66. The summed E-state index contributed by atoms with van der Waals surface area (Å²) >= 11 is 5.81. The monoisotopic (exact) mass is 198 g/mol. The van der Waals surface area contributed by atoms with Crippen LogP contribution in [-0.2, 0) is 11.2 Å². The highest BCUT2D eigenvalue weighted by Crippen LogP contribution is 2.23. The van der Waals surface area contributed by atoms with Crippen molar-refractivity contribution in [1.29, 1.82) is 0 Å². The zero-order valence-corrected chi connectivity index (χ0v) is 8.17. The lowest BCUT2D eigenvalue weighted by atomic mass is 10.1. The number of aryl methyl sites for hydroxylation is 1. The minimum Gasteiger partial charge on any atom is -0.496 e. The number of aldehydes is 1. The highest BCUT2D eigenvalue weighted by Gasteiger charge is 2.02. The molecule has 0 spiro atoms. The van der Waals surface area contributed by atoms with E-state index < -0.39 is 0 Å². The van der Waals surface area contributed by atoms with Crippen LogP contribution in [0.3, 0.4) is 0 Å². The Bertz CT molecular complexity index is 297. The number of ether oxygens (including phenoxy) is 1. The van der Waals surface area contributed by atoms with Crippen molar-refractivity contribution >= 4 is 17.9 Å². The van der Waals surface area contributed by atoms with Gasteiger partial charge in [0.1, 0.15) is 12.0 Å². The summed E-state index contributed by atoms with van der Waals surface area (Å²) in [5, 5.41) is 0.668. The second kappa shape index (κ2) is 4.87. The number of hydrogen-bond acceptors (Lipinski definition) is 2. The lowest BCUT2D eigenvalue weighted by Gasteiger charge is -2.06. The summed E-state index contributed by atoms with van der Waals surface area (Å²) in [6.45, 7) is 0. The van der Waals surface area contributed by atoms with E-state index in [-0.39, 0.29) is 0 Å². The molecule has 0 aromatic heterocycles. The smallest absolute Gasteiger partial charge is 0.122 e. The van der Waals surface area contributed by atoms with Gasteiger partial charge in [0.15, 0.2) is 0 Å². The van der Waals surface area contributed by atoms with Gasteiger partial charge in [-0.25, -0.2) is 0 Å². The number of carbonyl (C=O) groups is 1. The van der Waals surface area contributed by atoms with Crippen LogP contribution in [0.1, 0.15) is 12.0 Å². The minimum atomic E-state index is 0.497. The summed E-state index contributed by atoms with van der Waals surface area (Å²) < 4.78 is 5.12. The zero-order valence-electron chi connectivity index (χ0n) is 7.42. The summed E-state index contributed by atoms with van der Waals surface area (Å²) in [6.07, 6.45) is 2.06. The maximum absolute atomic E-state index is 10.2. The Hall–Kier alpha value is -1.02. The SMILES string of the molecule is COc1ccc(Cl)cc1CCC=O. The highest BCUT2D eigenvalue weighted by molar-refractivity contribution is 6.30. The molecule has 0 aliphatic carbocycles. The fourth-order valence-corrected chi connectivity index (χ4v) is 1.35. The molecule has 70 valence electrons. The van der Waals surface area contributed by atoms with E-state index in [9.17, 15) is 4.79 Å². The number of carbonyl (C=O) groups excluding carboxylic acids is 1. The van der Waals surface area contributed by atoms with Crippen LogP contribution in [0.25, 0.3) is 0 Å². The van der Waals surface area contributed by atoms with Gasteiger partial charge >= 0.3 is 0 Å². The molecular weight excluding hydrogens is 188 g/mol. The van der Waals surface area contributed by atoms with Gasteiger partial charge in [-0.1, -0.05) is 11.6 Å². The third-order valence-electron chi connectivity index (χ3n) is 1.77. The van der Waals surface area contributed by atoms with Crippen molar-refractivity contribution in [2.45, 2.75) is 12.8 Å². The Morgan fingerprint density at radius 1 is 1.54 bits per heavy atom. The molecule has 2 nitrogen and oxygen atoms in total. The van der Waals surface area contributed by atoms with Gasteiger partial charge in [-0.3, -0.25) is 0 Å². The first-order valence-corrected chi connectivity index (χ1v) is 4.41. The lowest BCUT2D eigenvalue weighted by Crippen LogP contribution is -1.92. The first-order chi connectivity index (χ1) is 6.27. The summed E-state index contributed by atoms with van der Waals surface area (Å²) in [7, 11) is 1.60. The predicted molar refractivity (Wildman–Crippen MR) is 52.4 cm³/mol. The van der Waals surface area contributed by atoms with E-state index in [0.717, 1.165) is 17.6 Å². The van der Waals surface area contributed by atoms with E-state index in [0.29, 0.717) is 17.9 Å². The lowest BCUT2D eigenvalue weighted by molar-refractivity contribution is -0.107. The number of methoxy groups -OCH3 is 1. The largest absolute Gasteiger partial charge is 0.496 e. The van der Waals surface area contributed by atoms with E-state index in [1.54, 1.807) is 13.2 Å². The molecule has 0 aliphatic rings. The number of benzene rings is 1. The maximum atomic E-state index is 10.2. The summed E-state index contributed by atoms with van der Waals surface area (Å²) in [5.41, 5.74) is 0.974. The average molecular weight is 199 g/mol. The van der Waals surface area contributed by atoms with Crippen LogP contribution in [0.2, 0.25) is 5.02 Å². The molecule has 0 bridgehead atoms. The van der Waals surface area contributed by atoms with Gasteiger partial charge < -0.3 is 9.53 Å². The van der Waals surface area contributed by atoms with E-state index in [1.807, 2.05) is 12.1 Å². The normalized spacial score (nSPS) is 9.69. The Balaban J connectivity index is 2.87. The number of rotatable bonds is 4. The van der Waals surface area contributed by atoms with E-state index >= 15 is 0 Å². The van der Waals surface area contributed by atoms with Crippen molar-refractivity contribution < 1.29 is 9.53 Å². The second-order valence-corrected chi connectivity index (χ2v) is 3.10. The molecule has 1 rings (SSSR count). The quantitative estimate of drug-likeness (QED) is 0.695. The van der Waals surface area contributed by atoms with Gasteiger partial charge in [-0.15, -0.1) is 0 Å². The first kappa shape index (κ1) is 10.1. The summed E-state index contributed by atoms with van der Waals surface area (Å²) in [5.74, 6) is 0.784. The molecule has 0 N–H and O–H groups in total. The molecule has 0 amide bonds. The summed E-state index contributed by atoms with van der Waals surface area (Å²) in [4.78, 5) is 10.2. The molecule has 0 saturated heterocycles. The molecule has 0 atom stereocenters. The number of halogens is 1. The fourth-order valence-electron chi connectivity index (χ4n) is 1.16. The first-order valence-electron chi connectivity index (χ1n) is 4.04. The summed E-state index contributed by atoms with van der Waals surface area (Å²) in [6, 6.07) is 5.40. The Morgan fingerprint density at radius 3 is 2.92 bits per heavy atom. The predicted octanol–water partition coefficient (Wildman–Crippen LogP) is 2.48. The van der Waals surface area contributed by atoms with Crippen LogP contribution in [-0.4, -0.2) is 13.4 Å². The van der Waals surface area contributed by atoms with Crippen LogP contribution in [0.5, 0.6) is 5.75 Å². The third-order valence-corrected chi connectivity index (χ3v) is 2.01. The zero-order chi connectivity index (χ0) is 9.68. The number of hydrogen-bond donors (Lipinski definition) is 0. The third kappa shape index (κ3) is 2.74. The van der Waals surface area contributed by atoms with Gasteiger partial charge in [0.25, 0.3) is 0 Å². The molecule has 0 unspecified atom stereocenters. The minimum absolute atomic E-state index is 0.497. The van der Waals surface area contributed by atoms with Crippen LogP contribution in [0.15, 0.2) is 18.2 Å².